The molecular weight excluding hydrogens is 226 g/mol. The summed E-state index contributed by atoms with van der Waals surface area (Å²) in [6.07, 6.45) is 0. The van der Waals surface area contributed by atoms with Gasteiger partial charge in [0.2, 0.25) is 5.95 Å². The zero-order valence-electron chi connectivity index (χ0n) is 10.5. The standard InChI is InChI=1S/C13H17N5/c1-7(2)11-10(12(15)18-13(16)17-11)8-3-5-9(14)6-4-8/h3-7H,14H2,1-2H3,(H4,15,16,17,18). The molecular formula is C13H17N5. The van der Waals surface area contributed by atoms with Crippen LogP contribution in [-0.4, -0.2) is 9.97 Å². The van der Waals surface area contributed by atoms with Crippen molar-refractivity contribution in [2.75, 3.05) is 17.2 Å². The maximum absolute atomic E-state index is 5.97. The predicted molar refractivity (Wildman–Crippen MR) is 74.8 cm³/mol. The second-order valence-corrected chi connectivity index (χ2v) is 4.50. The fourth-order valence-corrected chi connectivity index (χ4v) is 1.88. The zero-order chi connectivity index (χ0) is 13.3. The molecule has 0 saturated heterocycles. The number of nitrogens with two attached hydrogens (primary N) is 3. The minimum atomic E-state index is 0.204. The zero-order valence-corrected chi connectivity index (χ0v) is 10.5. The molecule has 18 heavy (non-hydrogen) atoms. The minimum absolute atomic E-state index is 0.204. The molecule has 1 aromatic heterocycles. The third-order valence-corrected chi connectivity index (χ3v) is 2.73. The van der Waals surface area contributed by atoms with Crippen LogP contribution in [0.5, 0.6) is 0 Å². The molecule has 6 N–H and O–H groups in total. The fourth-order valence-electron chi connectivity index (χ4n) is 1.88. The molecule has 1 aromatic carbocycles. The second kappa shape index (κ2) is 4.52. The summed E-state index contributed by atoms with van der Waals surface area (Å²) in [5.41, 5.74) is 20.6. The first-order valence-corrected chi connectivity index (χ1v) is 5.78. The number of benzene rings is 1. The lowest BCUT2D eigenvalue weighted by Gasteiger charge is -2.14. The van der Waals surface area contributed by atoms with Crippen molar-refractivity contribution < 1.29 is 0 Å². The highest BCUT2D eigenvalue weighted by molar-refractivity contribution is 5.77. The molecule has 0 spiro atoms. The van der Waals surface area contributed by atoms with Crippen LogP contribution in [0.25, 0.3) is 11.1 Å². The second-order valence-electron chi connectivity index (χ2n) is 4.50. The van der Waals surface area contributed by atoms with Crippen molar-refractivity contribution in [3.05, 3.63) is 30.0 Å². The molecule has 0 fully saturated rings. The average molecular weight is 243 g/mol. The molecule has 0 saturated carbocycles. The van der Waals surface area contributed by atoms with E-state index in [-0.39, 0.29) is 11.9 Å². The number of aromatic nitrogens is 2. The van der Waals surface area contributed by atoms with E-state index in [1.54, 1.807) is 0 Å². The summed E-state index contributed by atoms with van der Waals surface area (Å²) in [5, 5.41) is 0. The van der Waals surface area contributed by atoms with Gasteiger partial charge >= 0.3 is 0 Å². The summed E-state index contributed by atoms with van der Waals surface area (Å²) in [6, 6.07) is 7.48. The largest absolute Gasteiger partial charge is 0.399 e. The number of nitrogen functional groups attached to an aromatic ring is 3. The smallest absolute Gasteiger partial charge is 0.222 e. The van der Waals surface area contributed by atoms with Gasteiger partial charge in [0.25, 0.3) is 0 Å². The molecule has 0 radical (unpaired) electrons. The SMILES string of the molecule is CC(C)c1nc(N)nc(N)c1-c1ccc(N)cc1. The van der Waals surface area contributed by atoms with Gasteiger partial charge < -0.3 is 17.2 Å². The maximum atomic E-state index is 5.97. The summed E-state index contributed by atoms with van der Waals surface area (Å²) < 4.78 is 0. The van der Waals surface area contributed by atoms with E-state index in [0.717, 1.165) is 16.8 Å². The Labute approximate surface area is 106 Å². The number of anilines is 3. The van der Waals surface area contributed by atoms with Gasteiger partial charge in [-0.15, -0.1) is 0 Å². The molecule has 0 unspecified atom stereocenters. The maximum Gasteiger partial charge on any atom is 0.222 e. The number of hydrogen-bond donors (Lipinski definition) is 3. The molecule has 1 heterocycles. The molecule has 0 amide bonds. The van der Waals surface area contributed by atoms with Crippen LogP contribution in [0, 0.1) is 0 Å². The van der Waals surface area contributed by atoms with Gasteiger partial charge in [-0.05, 0) is 23.6 Å². The molecule has 0 bridgehead atoms. The summed E-state index contributed by atoms with van der Waals surface area (Å²) >= 11 is 0. The fraction of sp³-hybridized carbons (Fsp3) is 0.231. The van der Waals surface area contributed by atoms with Crippen LogP contribution in [0.2, 0.25) is 0 Å². The Morgan fingerprint density at radius 2 is 1.56 bits per heavy atom. The van der Waals surface area contributed by atoms with Crippen molar-refractivity contribution in [1.82, 2.24) is 9.97 Å². The van der Waals surface area contributed by atoms with Gasteiger partial charge in [-0.3, -0.25) is 0 Å². The van der Waals surface area contributed by atoms with Gasteiger partial charge in [-0.1, -0.05) is 26.0 Å². The predicted octanol–water partition coefficient (Wildman–Crippen LogP) is 2.01. The lowest BCUT2D eigenvalue weighted by molar-refractivity contribution is 0.822. The molecule has 5 heteroatoms. The van der Waals surface area contributed by atoms with E-state index in [9.17, 15) is 0 Å². The van der Waals surface area contributed by atoms with Crippen LogP contribution in [0.4, 0.5) is 17.5 Å². The van der Waals surface area contributed by atoms with E-state index in [2.05, 4.69) is 9.97 Å². The summed E-state index contributed by atoms with van der Waals surface area (Å²) in [4.78, 5) is 8.32. The van der Waals surface area contributed by atoms with Crippen LogP contribution >= 0.6 is 0 Å². The Bertz CT molecular complexity index is 560. The third-order valence-electron chi connectivity index (χ3n) is 2.73. The molecule has 5 nitrogen and oxygen atoms in total. The van der Waals surface area contributed by atoms with Crippen molar-refractivity contribution >= 4 is 17.5 Å². The molecule has 0 aliphatic heterocycles. The van der Waals surface area contributed by atoms with E-state index in [4.69, 9.17) is 17.2 Å². The molecule has 0 atom stereocenters. The van der Waals surface area contributed by atoms with Crippen molar-refractivity contribution in [3.8, 4) is 11.1 Å². The first kappa shape index (κ1) is 12.2. The van der Waals surface area contributed by atoms with Crippen LogP contribution in [0.15, 0.2) is 24.3 Å². The normalized spacial score (nSPS) is 10.8. The van der Waals surface area contributed by atoms with Crippen molar-refractivity contribution in [1.29, 1.82) is 0 Å². The minimum Gasteiger partial charge on any atom is -0.399 e. The third kappa shape index (κ3) is 2.20. The van der Waals surface area contributed by atoms with Gasteiger partial charge in [-0.2, -0.15) is 4.98 Å². The highest BCUT2D eigenvalue weighted by Crippen LogP contribution is 2.32. The molecule has 2 aromatic rings. The van der Waals surface area contributed by atoms with Gasteiger partial charge in [0, 0.05) is 11.3 Å². The van der Waals surface area contributed by atoms with E-state index < -0.39 is 0 Å². The van der Waals surface area contributed by atoms with Crippen LogP contribution < -0.4 is 17.2 Å². The summed E-state index contributed by atoms with van der Waals surface area (Å²) in [6.45, 7) is 4.09. The summed E-state index contributed by atoms with van der Waals surface area (Å²) in [5.74, 6) is 0.816. The Kier molecular flexibility index (Phi) is 3.06. The van der Waals surface area contributed by atoms with E-state index in [1.165, 1.54) is 0 Å². The van der Waals surface area contributed by atoms with Gasteiger partial charge in [0.15, 0.2) is 0 Å². The van der Waals surface area contributed by atoms with Crippen LogP contribution in [-0.2, 0) is 0 Å². The Morgan fingerprint density at radius 3 is 2.11 bits per heavy atom. The van der Waals surface area contributed by atoms with Gasteiger partial charge in [0.05, 0.1) is 5.69 Å². The topological polar surface area (TPSA) is 104 Å². The lowest BCUT2D eigenvalue weighted by atomic mass is 9.98. The van der Waals surface area contributed by atoms with Crippen molar-refractivity contribution in [2.24, 2.45) is 0 Å². The molecule has 0 aliphatic carbocycles. The Morgan fingerprint density at radius 1 is 0.944 bits per heavy atom. The highest BCUT2D eigenvalue weighted by atomic mass is 15.0. The Balaban J connectivity index is 2.65. The molecule has 0 aliphatic rings. The quantitative estimate of drug-likeness (QED) is 0.700. The molecule has 2 rings (SSSR count). The monoisotopic (exact) mass is 243 g/mol. The first-order chi connectivity index (χ1) is 8.49. The van der Waals surface area contributed by atoms with Gasteiger partial charge in [0.1, 0.15) is 5.82 Å². The van der Waals surface area contributed by atoms with E-state index >= 15 is 0 Å². The van der Waals surface area contributed by atoms with Gasteiger partial charge in [-0.25, -0.2) is 4.98 Å². The number of hydrogen-bond acceptors (Lipinski definition) is 5. The average Bonchev–Trinajstić information content (AvgIpc) is 2.29. The number of nitrogens with zero attached hydrogens (tertiary/aromatic N) is 2. The first-order valence-electron chi connectivity index (χ1n) is 5.78. The summed E-state index contributed by atoms with van der Waals surface area (Å²) in [7, 11) is 0. The Hall–Kier alpha value is -2.30. The number of rotatable bonds is 2. The van der Waals surface area contributed by atoms with Crippen molar-refractivity contribution in [2.45, 2.75) is 19.8 Å². The lowest BCUT2D eigenvalue weighted by Crippen LogP contribution is -2.07. The van der Waals surface area contributed by atoms with Crippen LogP contribution in [0.3, 0.4) is 0 Å². The molecule has 94 valence electrons. The van der Waals surface area contributed by atoms with Crippen molar-refractivity contribution in [3.63, 3.8) is 0 Å². The highest BCUT2D eigenvalue weighted by Gasteiger charge is 2.15. The van der Waals surface area contributed by atoms with E-state index in [1.807, 2.05) is 38.1 Å². The van der Waals surface area contributed by atoms with E-state index in [0.29, 0.717) is 11.5 Å². The van der Waals surface area contributed by atoms with Crippen LogP contribution in [0.1, 0.15) is 25.5 Å².